The Morgan fingerprint density at radius 1 is 1.00 bits per heavy atom. The molecule has 0 bridgehead atoms. The standard InChI is InChI=1S/C22H30N2O3/c1-3-18-6-4-9-22(14-18)27-17-20(25)16-23-10-12-24(13-11-23)19-7-5-8-21(15-19)26-2/h4-9,14-15,20,25H,3,10-13,16-17H2,1-2H3. The molecular weight excluding hydrogens is 340 g/mol. The molecule has 0 amide bonds. The zero-order valence-corrected chi connectivity index (χ0v) is 16.3. The van der Waals surface area contributed by atoms with E-state index in [1.54, 1.807) is 7.11 Å². The summed E-state index contributed by atoms with van der Waals surface area (Å²) < 4.78 is 11.1. The fourth-order valence-electron chi connectivity index (χ4n) is 3.39. The summed E-state index contributed by atoms with van der Waals surface area (Å²) in [6.07, 6.45) is 0.496. The Hall–Kier alpha value is -2.24. The second-order valence-corrected chi connectivity index (χ2v) is 6.95. The van der Waals surface area contributed by atoms with E-state index in [1.807, 2.05) is 30.3 Å². The van der Waals surface area contributed by atoms with Crippen molar-refractivity contribution in [3.63, 3.8) is 0 Å². The molecule has 1 atom stereocenters. The van der Waals surface area contributed by atoms with E-state index in [2.05, 4.69) is 34.9 Å². The number of aryl methyl sites for hydroxylation is 1. The first-order chi connectivity index (χ1) is 13.2. The molecule has 5 nitrogen and oxygen atoms in total. The number of rotatable bonds is 8. The van der Waals surface area contributed by atoms with Gasteiger partial charge in [0.25, 0.3) is 0 Å². The molecule has 3 rings (SSSR count). The zero-order valence-electron chi connectivity index (χ0n) is 16.3. The zero-order chi connectivity index (χ0) is 19.1. The summed E-state index contributed by atoms with van der Waals surface area (Å²) in [5.41, 5.74) is 2.43. The highest BCUT2D eigenvalue weighted by Gasteiger charge is 2.20. The van der Waals surface area contributed by atoms with Crippen LogP contribution in [0.25, 0.3) is 0 Å². The maximum absolute atomic E-state index is 10.3. The Morgan fingerprint density at radius 3 is 2.48 bits per heavy atom. The summed E-state index contributed by atoms with van der Waals surface area (Å²) in [7, 11) is 1.69. The lowest BCUT2D eigenvalue weighted by Crippen LogP contribution is -2.49. The topological polar surface area (TPSA) is 45.2 Å². The van der Waals surface area contributed by atoms with Crippen LogP contribution in [0, 0.1) is 0 Å². The van der Waals surface area contributed by atoms with Gasteiger partial charge in [0.2, 0.25) is 0 Å². The molecule has 1 saturated heterocycles. The molecule has 27 heavy (non-hydrogen) atoms. The quantitative estimate of drug-likeness (QED) is 0.774. The third-order valence-corrected chi connectivity index (χ3v) is 5.01. The number of nitrogens with zero attached hydrogens (tertiary/aromatic N) is 2. The van der Waals surface area contributed by atoms with Gasteiger partial charge in [0.1, 0.15) is 24.2 Å². The Bertz CT molecular complexity index is 714. The molecular formula is C22H30N2O3. The van der Waals surface area contributed by atoms with Crippen LogP contribution in [0.1, 0.15) is 12.5 Å². The van der Waals surface area contributed by atoms with Gasteiger partial charge >= 0.3 is 0 Å². The van der Waals surface area contributed by atoms with Crippen molar-refractivity contribution in [1.82, 2.24) is 4.90 Å². The van der Waals surface area contributed by atoms with Gasteiger partial charge < -0.3 is 19.5 Å². The van der Waals surface area contributed by atoms with Gasteiger partial charge in [0, 0.05) is 44.5 Å². The van der Waals surface area contributed by atoms with E-state index in [-0.39, 0.29) is 0 Å². The summed E-state index contributed by atoms with van der Waals surface area (Å²) in [5.74, 6) is 1.71. The van der Waals surface area contributed by atoms with Crippen LogP contribution in [0.3, 0.4) is 0 Å². The minimum Gasteiger partial charge on any atom is -0.497 e. The molecule has 5 heteroatoms. The maximum Gasteiger partial charge on any atom is 0.120 e. The molecule has 2 aromatic rings. The molecule has 146 valence electrons. The van der Waals surface area contributed by atoms with Crippen molar-refractivity contribution in [3.05, 3.63) is 54.1 Å². The molecule has 0 aromatic heterocycles. The fraction of sp³-hybridized carbons (Fsp3) is 0.455. The lowest BCUT2D eigenvalue weighted by molar-refractivity contribution is 0.0663. The first kappa shape index (κ1) is 19.5. The van der Waals surface area contributed by atoms with Crippen LogP contribution in [0.15, 0.2) is 48.5 Å². The lowest BCUT2D eigenvalue weighted by Gasteiger charge is -2.37. The molecule has 1 N–H and O–H groups in total. The molecule has 0 aliphatic carbocycles. The van der Waals surface area contributed by atoms with Crippen molar-refractivity contribution >= 4 is 5.69 Å². The van der Waals surface area contributed by atoms with Gasteiger partial charge in [-0.05, 0) is 36.2 Å². The summed E-state index contributed by atoms with van der Waals surface area (Å²) in [6, 6.07) is 16.2. The number of aliphatic hydroxyl groups excluding tert-OH is 1. The van der Waals surface area contributed by atoms with E-state index in [1.165, 1.54) is 11.3 Å². The van der Waals surface area contributed by atoms with Crippen molar-refractivity contribution in [2.75, 3.05) is 51.3 Å². The number of hydrogen-bond donors (Lipinski definition) is 1. The maximum atomic E-state index is 10.3. The molecule has 1 aliphatic heterocycles. The Morgan fingerprint density at radius 2 is 1.74 bits per heavy atom. The van der Waals surface area contributed by atoms with Crippen LogP contribution in [0.5, 0.6) is 11.5 Å². The molecule has 1 fully saturated rings. The summed E-state index contributed by atoms with van der Waals surface area (Å²) in [5, 5.41) is 10.3. The van der Waals surface area contributed by atoms with Gasteiger partial charge in [0.15, 0.2) is 0 Å². The average molecular weight is 370 g/mol. The normalized spacial score (nSPS) is 16.2. The predicted octanol–water partition coefficient (Wildman–Crippen LogP) is 2.82. The van der Waals surface area contributed by atoms with E-state index in [0.29, 0.717) is 13.2 Å². The van der Waals surface area contributed by atoms with Gasteiger partial charge in [-0.1, -0.05) is 25.1 Å². The van der Waals surface area contributed by atoms with Gasteiger partial charge in [-0.2, -0.15) is 0 Å². The summed E-state index contributed by atoms with van der Waals surface area (Å²) in [4.78, 5) is 4.66. The van der Waals surface area contributed by atoms with Crippen LogP contribution >= 0.6 is 0 Å². The largest absolute Gasteiger partial charge is 0.497 e. The second-order valence-electron chi connectivity index (χ2n) is 6.95. The Kier molecular flexibility index (Phi) is 6.96. The van der Waals surface area contributed by atoms with Gasteiger partial charge in [-0.15, -0.1) is 0 Å². The number of hydrogen-bond acceptors (Lipinski definition) is 5. The van der Waals surface area contributed by atoms with Crippen molar-refractivity contribution in [2.24, 2.45) is 0 Å². The van der Waals surface area contributed by atoms with E-state index in [4.69, 9.17) is 9.47 Å². The fourth-order valence-corrected chi connectivity index (χ4v) is 3.39. The minimum atomic E-state index is -0.487. The number of aliphatic hydroxyl groups is 1. The van der Waals surface area contributed by atoms with Crippen molar-refractivity contribution in [2.45, 2.75) is 19.4 Å². The highest BCUT2D eigenvalue weighted by atomic mass is 16.5. The highest BCUT2D eigenvalue weighted by molar-refractivity contribution is 5.51. The van der Waals surface area contributed by atoms with E-state index < -0.39 is 6.10 Å². The highest BCUT2D eigenvalue weighted by Crippen LogP contribution is 2.22. The van der Waals surface area contributed by atoms with Crippen molar-refractivity contribution < 1.29 is 14.6 Å². The average Bonchev–Trinajstić information content (AvgIpc) is 2.73. The molecule has 1 unspecified atom stereocenters. The summed E-state index contributed by atoms with van der Waals surface area (Å²) >= 11 is 0. The number of anilines is 1. The molecule has 0 saturated carbocycles. The number of methoxy groups -OCH3 is 1. The van der Waals surface area contributed by atoms with Gasteiger partial charge in [-0.3, -0.25) is 4.90 Å². The monoisotopic (exact) mass is 370 g/mol. The van der Waals surface area contributed by atoms with Crippen molar-refractivity contribution in [3.8, 4) is 11.5 Å². The van der Waals surface area contributed by atoms with E-state index >= 15 is 0 Å². The molecule has 2 aromatic carbocycles. The van der Waals surface area contributed by atoms with Gasteiger partial charge in [0.05, 0.1) is 7.11 Å². The number of ether oxygens (including phenoxy) is 2. The second kappa shape index (κ2) is 9.62. The van der Waals surface area contributed by atoms with Crippen LogP contribution < -0.4 is 14.4 Å². The van der Waals surface area contributed by atoms with Crippen LogP contribution in [0.2, 0.25) is 0 Å². The van der Waals surface area contributed by atoms with Crippen LogP contribution in [0.4, 0.5) is 5.69 Å². The SMILES string of the molecule is CCc1cccc(OCC(O)CN2CCN(c3cccc(OC)c3)CC2)c1. The summed E-state index contributed by atoms with van der Waals surface area (Å²) in [6.45, 7) is 6.83. The van der Waals surface area contributed by atoms with E-state index in [9.17, 15) is 5.11 Å². The molecule has 0 spiro atoms. The Labute approximate surface area is 162 Å². The lowest BCUT2D eigenvalue weighted by atomic mass is 10.2. The number of benzene rings is 2. The van der Waals surface area contributed by atoms with E-state index in [0.717, 1.165) is 44.1 Å². The van der Waals surface area contributed by atoms with Gasteiger partial charge in [-0.25, -0.2) is 0 Å². The number of piperazine rings is 1. The third kappa shape index (κ3) is 5.62. The van der Waals surface area contributed by atoms with Crippen molar-refractivity contribution in [1.29, 1.82) is 0 Å². The first-order valence-corrected chi connectivity index (χ1v) is 9.69. The van der Waals surface area contributed by atoms with Crippen LogP contribution in [-0.4, -0.2) is 62.6 Å². The Balaban J connectivity index is 1.43. The smallest absolute Gasteiger partial charge is 0.120 e. The van der Waals surface area contributed by atoms with Crippen LogP contribution in [-0.2, 0) is 6.42 Å². The third-order valence-electron chi connectivity index (χ3n) is 5.01. The molecule has 1 aliphatic rings. The minimum absolute atomic E-state index is 0.323. The molecule has 0 radical (unpaired) electrons. The number of β-amino-alcohol motifs (C(OH)–C–C–N with tert-alkyl or cyclic N) is 1. The molecule has 1 heterocycles. The predicted molar refractivity (Wildman–Crippen MR) is 109 cm³/mol. The first-order valence-electron chi connectivity index (χ1n) is 9.69.